The average molecular weight is 325 g/mol. The van der Waals surface area contributed by atoms with E-state index in [1.807, 2.05) is 37.0 Å². The minimum Gasteiger partial charge on any atom is -0.342 e. The topological polar surface area (TPSA) is 23.6 Å². The summed E-state index contributed by atoms with van der Waals surface area (Å²) in [7, 11) is 0. The van der Waals surface area contributed by atoms with Crippen LogP contribution < -0.4 is 0 Å². The van der Waals surface area contributed by atoms with E-state index in [0.717, 1.165) is 32.6 Å². The molecule has 0 spiro atoms. The highest BCUT2D eigenvalue weighted by Crippen LogP contribution is 2.11. The Bertz CT molecular complexity index is 364. The number of hydrogen-bond donors (Lipinski definition) is 1. The van der Waals surface area contributed by atoms with Crippen molar-refractivity contribution in [1.29, 1.82) is 0 Å². The van der Waals surface area contributed by atoms with Gasteiger partial charge in [0.2, 0.25) is 6.41 Å². The molecule has 0 aromatic rings. The van der Waals surface area contributed by atoms with Crippen molar-refractivity contribution < 1.29 is 4.79 Å². The highest BCUT2D eigenvalue weighted by Gasteiger charge is 2.22. The fraction of sp³-hybridized carbons (Fsp3) is 0.500. The summed E-state index contributed by atoms with van der Waals surface area (Å²) < 4.78 is 0. The van der Waals surface area contributed by atoms with Crippen molar-refractivity contribution in [2.75, 3.05) is 32.4 Å². The second kappa shape index (κ2) is 16.1. The number of hydrogen-bond acceptors (Lipinski definition) is 3. The normalized spacial score (nSPS) is 18.7. The largest absolute Gasteiger partial charge is 0.342 e. The second-order valence-corrected chi connectivity index (χ2v) is 4.49. The van der Waals surface area contributed by atoms with E-state index in [-0.39, 0.29) is 0 Å². The van der Waals surface area contributed by atoms with Gasteiger partial charge in [-0.05, 0) is 18.8 Å². The Morgan fingerprint density at radius 2 is 1.86 bits per heavy atom. The van der Waals surface area contributed by atoms with Gasteiger partial charge in [0.15, 0.2) is 0 Å². The number of piperazine rings is 1. The van der Waals surface area contributed by atoms with Crippen LogP contribution in [0.1, 0.15) is 20.8 Å². The molecular formula is C18H32N2OS. The van der Waals surface area contributed by atoms with Crippen LogP contribution in [0.4, 0.5) is 0 Å². The van der Waals surface area contributed by atoms with Gasteiger partial charge in [-0.3, -0.25) is 9.69 Å². The molecule has 1 saturated heterocycles. The van der Waals surface area contributed by atoms with Gasteiger partial charge in [0.1, 0.15) is 0 Å². The van der Waals surface area contributed by atoms with Crippen molar-refractivity contribution in [2.24, 2.45) is 0 Å². The number of amides is 1. The molecule has 0 saturated carbocycles. The summed E-state index contributed by atoms with van der Waals surface area (Å²) in [6.45, 7) is 17.0. The van der Waals surface area contributed by atoms with Crippen molar-refractivity contribution in [3.05, 3.63) is 49.1 Å². The van der Waals surface area contributed by atoms with Gasteiger partial charge < -0.3 is 4.90 Å². The summed E-state index contributed by atoms with van der Waals surface area (Å²) in [5.41, 5.74) is 1.20. The summed E-state index contributed by atoms with van der Waals surface area (Å²) in [5, 5.41) is 0. The Hall–Kier alpha value is -1.26. The molecule has 0 radical (unpaired) electrons. The van der Waals surface area contributed by atoms with E-state index in [4.69, 9.17) is 0 Å². The fourth-order valence-electron chi connectivity index (χ4n) is 2.09. The number of carbonyl (C=O) groups excluding carboxylic acids is 1. The number of thiol groups is 1. The van der Waals surface area contributed by atoms with Gasteiger partial charge in [-0.15, -0.1) is 0 Å². The number of rotatable bonds is 6. The molecule has 0 unspecified atom stereocenters. The summed E-state index contributed by atoms with van der Waals surface area (Å²) in [4.78, 5) is 14.9. The maximum absolute atomic E-state index is 10.7. The molecule has 126 valence electrons. The average Bonchev–Trinajstić information content (AvgIpc) is 2.58. The van der Waals surface area contributed by atoms with Crippen LogP contribution in [0.3, 0.4) is 0 Å². The summed E-state index contributed by atoms with van der Waals surface area (Å²) in [5.74, 6) is 0. The molecule has 0 aromatic heterocycles. The predicted molar refractivity (Wildman–Crippen MR) is 103 cm³/mol. The fourth-order valence-corrected chi connectivity index (χ4v) is 2.09. The lowest BCUT2D eigenvalue weighted by atomic mass is 10.1. The molecule has 3 nitrogen and oxygen atoms in total. The Kier molecular flexibility index (Phi) is 16.9. The lowest BCUT2D eigenvalue weighted by molar-refractivity contribution is -0.120. The maximum atomic E-state index is 10.7. The van der Waals surface area contributed by atoms with Gasteiger partial charge in [0, 0.05) is 32.2 Å². The minimum atomic E-state index is 0.384. The van der Waals surface area contributed by atoms with E-state index < -0.39 is 0 Å². The van der Waals surface area contributed by atoms with Crippen LogP contribution >= 0.6 is 12.6 Å². The van der Waals surface area contributed by atoms with Crippen molar-refractivity contribution in [1.82, 2.24) is 9.80 Å². The maximum Gasteiger partial charge on any atom is 0.209 e. The molecule has 1 rings (SSSR count). The molecule has 1 atom stereocenters. The molecule has 0 N–H and O–H groups in total. The van der Waals surface area contributed by atoms with Gasteiger partial charge in [0.25, 0.3) is 0 Å². The number of nitrogens with zero attached hydrogens (tertiary/aromatic N) is 2. The summed E-state index contributed by atoms with van der Waals surface area (Å²) >= 11 is 3.53. The lowest BCUT2D eigenvalue weighted by Gasteiger charge is -2.38. The van der Waals surface area contributed by atoms with Gasteiger partial charge in [-0.2, -0.15) is 12.6 Å². The highest BCUT2D eigenvalue weighted by molar-refractivity contribution is 7.79. The van der Waals surface area contributed by atoms with Crippen LogP contribution in [0.5, 0.6) is 0 Å². The molecule has 0 bridgehead atoms. The first-order valence-electron chi connectivity index (χ1n) is 7.70. The zero-order valence-electron chi connectivity index (χ0n) is 14.5. The molecule has 0 aliphatic carbocycles. The van der Waals surface area contributed by atoms with Crippen LogP contribution in [0.2, 0.25) is 0 Å². The van der Waals surface area contributed by atoms with Crippen LogP contribution in [0, 0.1) is 0 Å². The molecule has 1 heterocycles. The molecule has 0 aromatic carbocycles. The Morgan fingerprint density at radius 1 is 1.23 bits per heavy atom. The van der Waals surface area contributed by atoms with Gasteiger partial charge in [0.05, 0.1) is 0 Å². The monoisotopic (exact) mass is 324 g/mol. The molecule has 22 heavy (non-hydrogen) atoms. The second-order valence-electron chi connectivity index (χ2n) is 4.49. The Morgan fingerprint density at radius 3 is 2.32 bits per heavy atom. The van der Waals surface area contributed by atoms with Crippen LogP contribution in [-0.4, -0.2) is 54.7 Å². The lowest BCUT2D eigenvalue weighted by Crippen LogP contribution is -2.51. The highest BCUT2D eigenvalue weighted by atomic mass is 32.1. The van der Waals surface area contributed by atoms with Crippen molar-refractivity contribution in [3.63, 3.8) is 0 Å². The molecule has 4 heteroatoms. The van der Waals surface area contributed by atoms with Crippen LogP contribution in [-0.2, 0) is 4.79 Å². The summed E-state index contributed by atoms with van der Waals surface area (Å²) in [6, 6.07) is 0.384. The Labute approximate surface area is 142 Å². The zero-order chi connectivity index (χ0) is 17.4. The minimum absolute atomic E-state index is 0.384. The molecule has 1 aliphatic heterocycles. The van der Waals surface area contributed by atoms with Gasteiger partial charge in [-0.1, -0.05) is 57.4 Å². The predicted octanol–water partition coefficient (Wildman–Crippen LogP) is 3.58. The quantitative estimate of drug-likeness (QED) is 0.459. The van der Waals surface area contributed by atoms with E-state index in [1.165, 1.54) is 5.57 Å². The van der Waals surface area contributed by atoms with Crippen LogP contribution in [0.15, 0.2) is 49.1 Å². The van der Waals surface area contributed by atoms with Crippen LogP contribution in [0.25, 0.3) is 0 Å². The first-order valence-corrected chi connectivity index (χ1v) is 8.59. The molecule has 1 aliphatic rings. The van der Waals surface area contributed by atoms with E-state index in [0.29, 0.717) is 6.04 Å². The number of allylic oxidation sites excluding steroid dienone is 4. The smallest absolute Gasteiger partial charge is 0.209 e. The third-order valence-corrected chi connectivity index (χ3v) is 3.11. The molecule has 1 fully saturated rings. The molecular weight excluding hydrogens is 292 g/mol. The van der Waals surface area contributed by atoms with Gasteiger partial charge in [-0.25, -0.2) is 0 Å². The van der Waals surface area contributed by atoms with E-state index in [9.17, 15) is 4.79 Å². The number of carbonyl (C=O) groups is 1. The first-order chi connectivity index (χ1) is 10.7. The van der Waals surface area contributed by atoms with E-state index in [1.54, 1.807) is 18.4 Å². The standard InChI is InChI=1S/C15H22N2O.C2H6.CH4S/c1-4-6-8-15(7-5-2)12-17-10-9-16(13-18)11-14(17)3;2*1-2/h4-8,13-14H,1-2,9-12H2,3H3;1-2H3;2H,1H3/b8-6-,15-7+;;/t14-;;/m0../s1. The first kappa shape index (κ1) is 23.0. The summed E-state index contributed by atoms with van der Waals surface area (Å²) in [6.07, 6.45) is 12.2. The third kappa shape index (κ3) is 9.64. The van der Waals surface area contributed by atoms with Crippen molar-refractivity contribution in [3.8, 4) is 0 Å². The molecule has 1 amide bonds. The van der Waals surface area contributed by atoms with Crippen molar-refractivity contribution in [2.45, 2.75) is 26.8 Å². The zero-order valence-corrected chi connectivity index (χ0v) is 15.4. The van der Waals surface area contributed by atoms with E-state index >= 15 is 0 Å². The van der Waals surface area contributed by atoms with Crippen molar-refractivity contribution >= 4 is 19.0 Å². The third-order valence-electron chi connectivity index (χ3n) is 3.11. The Balaban J connectivity index is 0. The van der Waals surface area contributed by atoms with Gasteiger partial charge >= 0.3 is 0 Å². The SMILES string of the molecule is C=C/C=C\C(=C/C=C)CN1CCN(C=O)C[C@@H]1C.CC.CS. The van der Waals surface area contributed by atoms with E-state index in [2.05, 4.69) is 37.6 Å².